The molecule has 0 radical (unpaired) electrons. The van der Waals surface area contributed by atoms with Crippen LogP contribution < -0.4 is 27.6 Å². The number of ether oxygens (including phenoxy) is 6. The van der Waals surface area contributed by atoms with Gasteiger partial charge in [-0.05, 0) is 115 Å². The van der Waals surface area contributed by atoms with Crippen molar-refractivity contribution in [1.29, 1.82) is 0 Å². The Morgan fingerprint density at radius 2 is 1.11 bits per heavy atom. The Hall–Kier alpha value is -7.41. The van der Waals surface area contributed by atoms with Gasteiger partial charge in [0.25, 0.3) is 20.0 Å². The van der Waals surface area contributed by atoms with Crippen molar-refractivity contribution in [3.63, 3.8) is 0 Å². The fraction of sp³-hybridized carbons (Fsp3) is 0.309. The molecule has 0 aliphatic carbocycles. The predicted octanol–water partition coefficient (Wildman–Crippen LogP) is 10.3. The van der Waals surface area contributed by atoms with E-state index in [0.29, 0.717) is 17.2 Å². The third-order valence-corrected chi connectivity index (χ3v) is 17.4. The Morgan fingerprint density at radius 1 is 0.620 bits per heavy atom. The number of sulfonamides is 2. The molecule has 10 rings (SSSR count). The fourth-order valence-electron chi connectivity index (χ4n) is 9.66. The highest BCUT2D eigenvalue weighted by Gasteiger charge is 2.50. The molecule has 0 saturated carbocycles. The zero-order valence-corrected chi connectivity index (χ0v) is 43.8. The number of rotatable bonds is 16. The van der Waals surface area contributed by atoms with Crippen molar-refractivity contribution in [2.24, 2.45) is 10.8 Å². The summed E-state index contributed by atoms with van der Waals surface area (Å²) >= 11 is 0. The monoisotopic (exact) mass is 1140 g/mol. The molecule has 2 saturated heterocycles. The van der Waals surface area contributed by atoms with E-state index in [2.05, 4.69) is 9.47 Å². The van der Waals surface area contributed by atoms with Crippen LogP contribution in [0.5, 0.6) is 23.0 Å². The largest absolute Gasteiger partial charge is 0.486 e. The summed E-state index contributed by atoms with van der Waals surface area (Å²) in [6.45, 7) is -1.59. The Kier molecular flexibility index (Phi) is 15.7. The molecule has 6 aromatic rings. The van der Waals surface area contributed by atoms with Gasteiger partial charge >= 0.3 is 19.2 Å². The number of Topliss-reactive ketones (excluding diaryl/α,β-unsaturated/α-hetero) is 1. The van der Waals surface area contributed by atoms with Crippen molar-refractivity contribution in [3.8, 4) is 45.3 Å². The van der Waals surface area contributed by atoms with E-state index in [0.717, 1.165) is 32.4 Å². The van der Waals surface area contributed by atoms with Crippen molar-refractivity contribution < 1.29 is 90.7 Å². The number of carboxylic acids is 1. The average Bonchev–Trinajstić information content (AvgIpc) is 3.45. The maximum atomic E-state index is 15.1. The quantitative estimate of drug-likeness (QED) is 0.0904. The van der Waals surface area contributed by atoms with Crippen molar-refractivity contribution >= 4 is 43.2 Å². The Morgan fingerprint density at radius 3 is 1.58 bits per heavy atom. The Balaban J connectivity index is 0.000000192. The molecule has 0 spiro atoms. The lowest BCUT2D eigenvalue weighted by Gasteiger charge is -2.44. The van der Waals surface area contributed by atoms with Crippen LogP contribution in [0, 0.1) is 42.1 Å². The van der Waals surface area contributed by atoms with Gasteiger partial charge in [0.1, 0.15) is 52.3 Å². The normalized spacial score (nSPS) is 18.1. The average molecular weight is 1140 g/mol. The summed E-state index contributed by atoms with van der Waals surface area (Å²) in [5.74, 6) is -5.30. The Labute approximate surface area is 449 Å². The van der Waals surface area contributed by atoms with E-state index in [-0.39, 0.29) is 108 Å². The lowest BCUT2D eigenvalue weighted by Crippen LogP contribution is -2.54. The van der Waals surface area contributed by atoms with Crippen molar-refractivity contribution in [2.45, 2.75) is 68.8 Å². The first-order valence-corrected chi connectivity index (χ1v) is 27.1. The summed E-state index contributed by atoms with van der Waals surface area (Å²) in [5, 5.41) is 9.75. The van der Waals surface area contributed by atoms with Crippen LogP contribution >= 0.6 is 0 Å². The molecule has 0 unspecified atom stereocenters. The molecule has 0 amide bonds. The minimum Gasteiger partial charge on any atom is -0.486 e. The molecule has 0 bridgehead atoms. The molecule has 418 valence electrons. The second kappa shape index (κ2) is 22.0. The third-order valence-electron chi connectivity index (χ3n) is 13.8. The number of hydrogen-bond acceptors (Lipinski definition) is 12. The second-order valence-electron chi connectivity index (χ2n) is 19.6. The number of fused-ring (bicyclic) bond motifs is 2. The van der Waals surface area contributed by atoms with Crippen LogP contribution in [0.4, 0.5) is 42.1 Å². The highest BCUT2D eigenvalue weighted by atomic mass is 32.2. The lowest BCUT2D eigenvalue weighted by atomic mass is 9.77. The van der Waals surface area contributed by atoms with Crippen LogP contribution in [0.1, 0.15) is 30.9 Å². The van der Waals surface area contributed by atoms with Gasteiger partial charge in [0.05, 0.1) is 66.1 Å². The number of carboxylic acid groups (broad SMARTS) is 1. The van der Waals surface area contributed by atoms with Gasteiger partial charge in [0.2, 0.25) is 0 Å². The van der Waals surface area contributed by atoms with E-state index >= 15 is 4.39 Å². The molecule has 6 aromatic carbocycles. The van der Waals surface area contributed by atoms with Gasteiger partial charge in [-0.15, -0.1) is 0 Å². The Bertz CT molecular complexity index is 3560. The van der Waals surface area contributed by atoms with Crippen LogP contribution in [-0.4, -0.2) is 98.6 Å². The summed E-state index contributed by atoms with van der Waals surface area (Å²) in [6, 6.07) is 25.6. The molecular weight excluding hydrogens is 1090 g/mol. The number of benzene rings is 6. The number of aliphatic carboxylic acids is 1. The van der Waals surface area contributed by atoms with Crippen LogP contribution in [0.3, 0.4) is 0 Å². The van der Waals surface area contributed by atoms with Gasteiger partial charge in [0.15, 0.2) is 11.6 Å². The predicted molar refractivity (Wildman–Crippen MR) is 271 cm³/mol. The summed E-state index contributed by atoms with van der Waals surface area (Å²) < 4.78 is 183. The van der Waals surface area contributed by atoms with E-state index in [9.17, 15) is 57.9 Å². The van der Waals surface area contributed by atoms with Gasteiger partial charge in [0, 0.05) is 30.5 Å². The number of carbonyl (C=O) groups excluding carboxylic acids is 1. The molecule has 4 heterocycles. The number of carbonyl (C=O) groups is 2. The van der Waals surface area contributed by atoms with Gasteiger partial charge < -0.3 is 33.5 Å². The first-order valence-electron chi connectivity index (χ1n) is 24.3. The van der Waals surface area contributed by atoms with Crippen LogP contribution in [-0.2, 0) is 39.1 Å². The molecule has 4 aliphatic heterocycles. The number of nitrogens with zero attached hydrogens (tertiary/aromatic N) is 2. The topological polar surface area (TPSA) is 185 Å². The number of aryl methyl sites for hydroxylation is 2. The van der Waals surface area contributed by atoms with E-state index in [4.69, 9.17) is 18.9 Å². The summed E-state index contributed by atoms with van der Waals surface area (Å²) in [4.78, 5) is 24.3. The number of anilines is 2. The van der Waals surface area contributed by atoms with E-state index in [1.807, 2.05) is 0 Å². The fourth-order valence-corrected chi connectivity index (χ4v) is 12.9. The number of ketones is 1. The summed E-state index contributed by atoms with van der Waals surface area (Å²) in [5.41, 5.74) is -0.279. The van der Waals surface area contributed by atoms with Gasteiger partial charge in [-0.25, -0.2) is 30.0 Å². The van der Waals surface area contributed by atoms with Crippen LogP contribution in [0.2, 0.25) is 0 Å². The maximum Gasteiger partial charge on any atom is 0.387 e. The molecule has 15 nitrogen and oxygen atoms in total. The van der Waals surface area contributed by atoms with E-state index in [1.165, 1.54) is 73.7 Å². The number of alkyl halides is 4. The number of halogens is 7. The molecule has 0 aromatic heterocycles. The van der Waals surface area contributed by atoms with Crippen molar-refractivity contribution in [3.05, 3.63) is 144 Å². The highest BCUT2D eigenvalue weighted by molar-refractivity contribution is 7.93. The molecule has 1 N–H and O–H groups in total. The molecule has 79 heavy (non-hydrogen) atoms. The maximum absolute atomic E-state index is 15.1. The SMILES string of the molecule is CC(=O)C1(C[C@H]2CN(S(=O)(=O)c3cccc(C)c3)c3cc(-c4cc(F)cc(OC(F)F)c4F)ccc3O2)COC1.Cc1cccc(S(=O)(=O)N2C[C@H](CC3(C(=O)O)COC3)Oc3ccc(-c4cc(F)cc(OC(F)F)c4)cc32)c1. The lowest BCUT2D eigenvalue weighted by molar-refractivity contribution is -0.184. The van der Waals surface area contributed by atoms with Gasteiger partial charge in [-0.2, -0.15) is 17.6 Å². The second-order valence-corrected chi connectivity index (χ2v) is 23.3. The molecular formula is C55H49F7N2O13S2. The molecule has 2 atom stereocenters. The minimum absolute atomic E-state index is 0.00215. The van der Waals surface area contributed by atoms with Crippen molar-refractivity contribution in [1.82, 2.24) is 0 Å². The van der Waals surface area contributed by atoms with Gasteiger partial charge in [-0.3, -0.25) is 18.2 Å². The molecule has 2 fully saturated rings. The first-order chi connectivity index (χ1) is 37.4. The zero-order valence-electron chi connectivity index (χ0n) is 42.1. The van der Waals surface area contributed by atoms with Gasteiger partial charge in [-0.1, -0.05) is 36.4 Å². The highest BCUT2D eigenvalue weighted by Crippen LogP contribution is 2.46. The minimum atomic E-state index is -4.19. The smallest absolute Gasteiger partial charge is 0.387 e. The molecule has 24 heteroatoms. The van der Waals surface area contributed by atoms with Crippen LogP contribution in [0.25, 0.3) is 22.3 Å². The summed E-state index contributed by atoms with van der Waals surface area (Å²) in [7, 11) is -8.34. The molecule has 4 aliphatic rings. The van der Waals surface area contributed by atoms with Crippen molar-refractivity contribution in [2.75, 3.05) is 48.1 Å². The third kappa shape index (κ3) is 11.7. The zero-order chi connectivity index (χ0) is 56.8. The standard InChI is InChI=1S/C28H25F4NO6S.C27H24F3NO7S/c1-16-4-3-5-21(8-16)40(35,36)33-13-20(12-28(17(2)34)14-37-15-28)38-24-7-6-18(9-23(24)33)22-10-19(29)11-25(26(22)30)39-27(31)32;1-16-3-2-4-22(7-16)39(34,35)31-13-21(12-27(25(32)33)14-36-15-27)37-24-6-5-17(10-23(24)31)18-8-19(28)11-20(9-18)38-26(29)30/h3-11,20,27H,12-15H2,1-2H3;2-11,21,26H,12-15H2,1H3,(H,32,33)/t20-;21-/m00/s1. The number of hydrogen-bond donors (Lipinski definition) is 1. The summed E-state index contributed by atoms with van der Waals surface area (Å²) in [6.07, 6.45) is -1.30. The first kappa shape index (κ1) is 56.3. The van der Waals surface area contributed by atoms with Crippen LogP contribution in [0.15, 0.2) is 125 Å². The van der Waals surface area contributed by atoms with E-state index < -0.39 is 91.0 Å². The van der Waals surface area contributed by atoms with E-state index in [1.54, 1.807) is 38.1 Å².